The zero-order chi connectivity index (χ0) is 17.9. The van der Waals surface area contributed by atoms with E-state index in [0.717, 1.165) is 18.4 Å². The molecule has 1 aliphatic rings. The molecule has 0 bridgehead atoms. The van der Waals surface area contributed by atoms with Crippen LogP contribution in [0.15, 0.2) is 24.5 Å². The molecule has 0 aromatic carbocycles. The Hall–Kier alpha value is -2.44. The van der Waals surface area contributed by atoms with Crippen LogP contribution in [0, 0.1) is 16.0 Å². The Bertz CT molecular complexity index is 664. The Kier molecular flexibility index (Phi) is 5.21. The summed E-state index contributed by atoms with van der Waals surface area (Å²) in [6.45, 7) is 7.47. The second kappa shape index (κ2) is 6.98. The summed E-state index contributed by atoms with van der Waals surface area (Å²) in [4.78, 5) is 26.6. The van der Waals surface area contributed by atoms with Gasteiger partial charge < -0.3 is 10.1 Å². The van der Waals surface area contributed by atoms with E-state index in [-0.39, 0.29) is 17.6 Å². The fraction of sp³-hybridized carbons (Fsp3) is 0.529. The quantitative estimate of drug-likeness (QED) is 0.672. The Labute approximate surface area is 141 Å². The third kappa shape index (κ3) is 4.78. The van der Waals surface area contributed by atoms with E-state index in [2.05, 4.69) is 17.2 Å². The van der Waals surface area contributed by atoms with Gasteiger partial charge in [0, 0.05) is 6.20 Å². The number of rotatable bonds is 3. The molecule has 0 radical (unpaired) electrons. The highest BCUT2D eigenvalue weighted by molar-refractivity contribution is 5.75. The monoisotopic (exact) mass is 333 g/mol. The van der Waals surface area contributed by atoms with Crippen LogP contribution in [0.25, 0.3) is 5.57 Å². The first kappa shape index (κ1) is 17.9. The normalized spacial score (nSPS) is 20.9. The second-order valence-corrected chi connectivity index (χ2v) is 7.14. The van der Waals surface area contributed by atoms with Crippen molar-refractivity contribution in [3.05, 3.63) is 40.2 Å². The van der Waals surface area contributed by atoms with Gasteiger partial charge in [-0.15, -0.1) is 0 Å². The molecule has 0 saturated carbocycles. The fourth-order valence-electron chi connectivity index (χ4n) is 2.83. The summed E-state index contributed by atoms with van der Waals surface area (Å²) >= 11 is 0. The summed E-state index contributed by atoms with van der Waals surface area (Å²) in [5, 5.41) is 14.0. The van der Waals surface area contributed by atoms with Crippen LogP contribution in [0.3, 0.4) is 0 Å². The third-order valence-corrected chi connectivity index (χ3v) is 3.67. The number of pyridine rings is 1. The Morgan fingerprint density at radius 1 is 1.46 bits per heavy atom. The summed E-state index contributed by atoms with van der Waals surface area (Å²) in [6, 6.07) is 1.43. The molecule has 0 fully saturated rings. The van der Waals surface area contributed by atoms with Crippen LogP contribution < -0.4 is 5.32 Å². The van der Waals surface area contributed by atoms with Gasteiger partial charge in [-0.1, -0.05) is 13.0 Å². The highest BCUT2D eigenvalue weighted by Crippen LogP contribution is 2.34. The first-order valence-corrected chi connectivity index (χ1v) is 7.94. The molecule has 2 rings (SSSR count). The zero-order valence-electron chi connectivity index (χ0n) is 14.4. The van der Waals surface area contributed by atoms with Crippen molar-refractivity contribution >= 4 is 17.4 Å². The molecule has 7 heteroatoms. The molecule has 2 atom stereocenters. The summed E-state index contributed by atoms with van der Waals surface area (Å²) in [5.74, 6) is 0.290. The second-order valence-electron chi connectivity index (χ2n) is 7.14. The Balaban J connectivity index is 2.23. The number of allylic oxidation sites excluding steroid dienone is 1. The van der Waals surface area contributed by atoms with Gasteiger partial charge >= 0.3 is 6.09 Å². The molecule has 1 N–H and O–H groups in total. The van der Waals surface area contributed by atoms with Crippen LogP contribution in [0.1, 0.15) is 46.1 Å². The number of carbonyl (C=O) groups is 1. The summed E-state index contributed by atoms with van der Waals surface area (Å²) < 4.78 is 5.28. The van der Waals surface area contributed by atoms with Crippen molar-refractivity contribution < 1.29 is 14.5 Å². The number of alkyl carbamates (subject to hydrolysis) is 1. The van der Waals surface area contributed by atoms with Gasteiger partial charge in [-0.2, -0.15) is 0 Å². The maximum absolute atomic E-state index is 12.0. The largest absolute Gasteiger partial charge is 0.444 e. The molecule has 1 heterocycles. The van der Waals surface area contributed by atoms with Gasteiger partial charge in [0.15, 0.2) is 0 Å². The standard InChI is InChI=1S/C17H23N3O4/c1-11-7-12(14-5-6-18-10-15(14)20(22)23)9-13(8-11)19-16(21)24-17(2,3)4/h5-6,9-11,13H,7-8H2,1-4H3,(H,19,21). The van der Waals surface area contributed by atoms with Crippen LogP contribution in [0.2, 0.25) is 0 Å². The van der Waals surface area contributed by atoms with Crippen LogP contribution >= 0.6 is 0 Å². The van der Waals surface area contributed by atoms with Crippen LogP contribution in [0.5, 0.6) is 0 Å². The van der Waals surface area contributed by atoms with E-state index < -0.39 is 16.6 Å². The number of ether oxygens (including phenoxy) is 1. The maximum Gasteiger partial charge on any atom is 0.408 e. The number of nitrogens with one attached hydrogen (secondary N) is 1. The van der Waals surface area contributed by atoms with Gasteiger partial charge in [0.05, 0.1) is 16.5 Å². The Morgan fingerprint density at radius 3 is 2.79 bits per heavy atom. The van der Waals surface area contributed by atoms with E-state index in [4.69, 9.17) is 4.74 Å². The zero-order valence-corrected chi connectivity index (χ0v) is 14.4. The van der Waals surface area contributed by atoms with Crippen molar-refractivity contribution in [2.45, 2.75) is 52.2 Å². The van der Waals surface area contributed by atoms with Gasteiger partial charge in [0.25, 0.3) is 5.69 Å². The first-order chi connectivity index (χ1) is 11.2. The van der Waals surface area contributed by atoms with Crippen molar-refractivity contribution in [1.29, 1.82) is 0 Å². The molecular weight excluding hydrogens is 310 g/mol. The number of nitro groups is 1. The van der Waals surface area contributed by atoms with Crippen LogP contribution in [0.4, 0.5) is 10.5 Å². The predicted octanol–water partition coefficient (Wildman–Crippen LogP) is 3.70. The lowest BCUT2D eigenvalue weighted by Gasteiger charge is -2.28. The minimum atomic E-state index is -0.569. The van der Waals surface area contributed by atoms with Gasteiger partial charge in [-0.05, 0) is 51.2 Å². The molecular formula is C17H23N3O4. The highest BCUT2D eigenvalue weighted by Gasteiger charge is 2.27. The van der Waals surface area contributed by atoms with E-state index in [1.54, 1.807) is 33.0 Å². The van der Waals surface area contributed by atoms with Gasteiger partial charge in [0.2, 0.25) is 0 Å². The molecule has 0 saturated heterocycles. The third-order valence-electron chi connectivity index (χ3n) is 3.67. The minimum Gasteiger partial charge on any atom is -0.444 e. The van der Waals surface area contributed by atoms with Crippen LogP contribution in [-0.2, 0) is 4.74 Å². The number of amides is 1. The average Bonchev–Trinajstić information content (AvgIpc) is 2.44. The van der Waals surface area contributed by atoms with Gasteiger partial charge in [-0.3, -0.25) is 15.1 Å². The molecule has 1 aromatic rings. The summed E-state index contributed by atoms with van der Waals surface area (Å²) in [7, 11) is 0. The smallest absolute Gasteiger partial charge is 0.408 e. The van der Waals surface area contributed by atoms with E-state index >= 15 is 0 Å². The summed E-state index contributed by atoms with van der Waals surface area (Å²) in [6.07, 6.45) is 5.68. The van der Waals surface area contributed by atoms with Crippen molar-refractivity contribution in [2.24, 2.45) is 5.92 Å². The SMILES string of the molecule is CC1CC(c2ccncc2[N+](=O)[O-])=CC(NC(=O)OC(C)(C)C)C1. The van der Waals surface area contributed by atoms with Crippen LogP contribution in [-0.4, -0.2) is 27.6 Å². The minimum absolute atomic E-state index is 0.0196. The van der Waals surface area contributed by atoms with Crippen molar-refractivity contribution in [3.8, 4) is 0 Å². The van der Waals surface area contributed by atoms with Crippen molar-refractivity contribution in [1.82, 2.24) is 10.3 Å². The van der Waals surface area contributed by atoms with Crippen molar-refractivity contribution in [3.63, 3.8) is 0 Å². The molecule has 24 heavy (non-hydrogen) atoms. The molecule has 130 valence electrons. The predicted molar refractivity (Wildman–Crippen MR) is 90.4 cm³/mol. The number of nitrogens with zero attached hydrogens (tertiary/aromatic N) is 2. The van der Waals surface area contributed by atoms with Crippen molar-refractivity contribution in [2.75, 3.05) is 0 Å². The first-order valence-electron chi connectivity index (χ1n) is 7.94. The highest BCUT2D eigenvalue weighted by atomic mass is 16.6. The van der Waals surface area contributed by atoms with Gasteiger partial charge in [-0.25, -0.2) is 4.79 Å². The van der Waals surface area contributed by atoms with E-state index in [1.807, 2.05) is 6.08 Å². The molecule has 1 aromatic heterocycles. The molecule has 0 aliphatic heterocycles. The Morgan fingerprint density at radius 2 is 2.17 bits per heavy atom. The van der Waals surface area contributed by atoms with Gasteiger partial charge in [0.1, 0.15) is 11.8 Å². The molecule has 1 amide bonds. The number of hydrogen-bond donors (Lipinski definition) is 1. The topological polar surface area (TPSA) is 94.4 Å². The lowest BCUT2D eigenvalue weighted by molar-refractivity contribution is -0.385. The number of aromatic nitrogens is 1. The fourth-order valence-corrected chi connectivity index (χ4v) is 2.83. The van der Waals surface area contributed by atoms with E-state index in [0.29, 0.717) is 5.56 Å². The lowest BCUT2D eigenvalue weighted by Crippen LogP contribution is -2.40. The maximum atomic E-state index is 12.0. The molecule has 7 nitrogen and oxygen atoms in total. The lowest BCUT2D eigenvalue weighted by atomic mass is 9.84. The molecule has 0 spiro atoms. The molecule has 2 unspecified atom stereocenters. The number of carbonyl (C=O) groups excluding carboxylic acids is 1. The van der Waals surface area contributed by atoms with E-state index in [1.165, 1.54) is 6.20 Å². The number of hydrogen-bond acceptors (Lipinski definition) is 5. The van der Waals surface area contributed by atoms with E-state index in [9.17, 15) is 14.9 Å². The summed E-state index contributed by atoms with van der Waals surface area (Å²) in [5.41, 5.74) is 0.816. The molecule has 1 aliphatic carbocycles. The average molecular weight is 333 g/mol.